The zero-order chi connectivity index (χ0) is 10.2. The molecule has 0 bridgehead atoms. The van der Waals surface area contributed by atoms with Crippen LogP contribution in [0.15, 0.2) is 17.0 Å². The Morgan fingerprint density at radius 2 is 1.62 bits per heavy atom. The Hall–Kier alpha value is -0.750. The van der Waals surface area contributed by atoms with Gasteiger partial charge < -0.3 is 0 Å². The van der Waals surface area contributed by atoms with E-state index in [1.54, 1.807) is 0 Å². The van der Waals surface area contributed by atoms with E-state index in [2.05, 4.69) is 0 Å². The number of rotatable bonds is 1. The summed E-state index contributed by atoms with van der Waals surface area (Å²) in [5, 5.41) is -0.693. The minimum atomic E-state index is -5.11. The quantitative estimate of drug-likeness (QED) is 0.548. The van der Waals surface area contributed by atoms with Crippen molar-refractivity contribution in [3.8, 4) is 0 Å². The van der Waals surface area contributed by atoms with Gasteiger partial charge in [-0.1, -0.05) is 11.6 Å². The van der Waals surface area contributed by atoms with Crippen LogP contribution in [-0.4, -0.2) is 8.42 Å². The van der Waals surface area contributed by atoms with E-state index < -0.39 is 31.8 Å². The molecule has 0 fully saturated rings. The molecule has 7 heteroatoms. The largest absolute Gasteiger partial charge is 0.333 e. The second-order valence-electron chi connectivity index (χ2n) is 2.13. The normalized spacial score (nSPS) is 11.7. The monoisotopic (exact) mass is 230 g/mol. The number of hydrogen-bond donors (Lipinski definition) is 0. The maximum atomic E-state index is 12.4. The van der Waals surface area contributed by atoms with Crippen LogP contribution >= 0.6 is 11.6 Å². The van der Waals surface area contributed by atoms with Gasteiger partial charge in [0.05, 0.1) is 5.02 Å². The van der Waals surface area contributed by atoms with E-state index in [1.165, 1.54) is 0 Å². The third-order valence-electron chi connectivity index (χ3n) is 1.24. The first kappa shape index (κ1) is 10.3. The second-order valence-corrected chi connectivity index (χ2v) is 3.86. The Labute approximate surface area is 77.2 Å². The Morgan fingerprint density at radius 3 is 2.08 bits per heavy atom. The molecule has 0 spiro atoms. The highest BCUT2D eigenvalue weighted by atomic mass is 35.5. The molecule has 1 aromatic carbocycles. The fraction of sp³-hybridized carbons (Fsp3) is 0. The molecule has 0 saturated carbocycles. The van der Waals surface area contributed by atoms with Gasteiger partial charge in [0.1, 0.15) is 4.90 Å². The van der Waals surface area contributed by atoms with E-state index in [4.69, 9.17) is 11.6 Å². The van der Waals surface area contributed by atoms with Crippen molar-refractivity contribution in [1.29, 1.82) is 0 Å². The molecule has 13 heavy (non-hydrogen) atoms. The van der Waals surface area contributed by atoms with Gasteiger partial charge in [-0.3, -0.25) is 0 Å². The van der Waals surface area contributed by atoms with Crippen molar-refractivity contribution < 1.29 is 21.1 Å². The molecule has 1 aromatic rings. The molecule has 0 aliphatic rings. The van der Waals surface area contributed by atoms with Crippen LogP contribution < -0.4 is 0 Å². The van der Waals surface area contributed by atoms with E-state index >= 15 is 0 Å². The lowest BCUT2D eigenvalue weighted by Gasteiger charge is -1.99. The third-order valence-corrected chi connectivity index (χ3v) is 2.53. The van der Waals surface area contributed by atoms with E-state index in [-0.39, 0.29) is 6.07 Å². The lowest BCUT2D eigenvalue weighted by Crippen LogP contribution is -1.96. The summed E-state index contributed by atoms with van der Waals surface area (Å²) < 4.78 is 57.6. The average molecular weight is 231 g/mol. The van der Waals surface area contributed by atoms with Gasteiger partial charge in [-0.25, -0.2) is 8.78 Å². The smallest absolute Gasteiger partial charge is 0.204 e. The summed E-state index contributed by atoms with van der Waals surface area (Å²) in [4.78, 5) is -1.08. The highest BCUT2D eigenvalue weighted by Gasteiger charge is 2.19. The van der Waals surface area contributed by atoms with Crippen molar-refractivity contribution in [3.05, 3.63) is 28.8 Å². The molecule has 0 radical (unpaired) electrons. The minimum Gasteiger partial charge on any atom is -0.204 e. The van der Waals surface area contributed by atoms with Crippen LogP contribution in [0.3, 0.4) is 0 Å². The van der Waals surface area contributed by atoms with Gasteiger partial charge in [0.2, 0.25) is 0 Å². The first-order valence-electron chi connectivity index (χ1n) is 2.91. The molecule has 0 heterocycles. The van der Waals surface area contributed by atoms with Gasteiger partial charge in [-0.15, -0.1) is 3.89 Å². The summed E-state index contributed by atoms with van der Waals surface area (Å²) in [6.07, 6.45) is 0. The Bertz CT molecular complexity index is 443. The Balaban J connectivity index is 3.50. The fourth-order valence-electron chi connectivity index (χ4n) is 0.691. The molecule has 0 aliphatic heterocycles. The molecule has 0 aliphatic carbocycles. The standard InChI is InChI=1S/C6H2ClF3O2S/c7-3-1-4(8)5(9)2-6(3)13(10,11)12/h1-2H. The first-order chi connectivity index (χ1) is 5.82. The molecule has 0 aromatic heterocycles. The summed E-state index contributed by atoms with van der Waals surface area (Å²) in [6.45, 7) is 0. The lowest BCUT2D eigenvalue weighted by molar-refractivity contribution is 0.502. The van der Waals surface area contributed by atoms with Crippen LogP contribution in [0.2, 0.25) is 5.02 Å². The van der Waals surface area contributed by atoms with Crippen LogP contribution in [0.4, 0.5) is 12.7 Å². The summed E-state index contributed by atoms with van der Waals surface area (Å²) in [6, 6.07) is 0.580. The lowest BCUT2D eigenvalue weighted by atomic mass is 10.3. The van der Waals surface area contributed by atoms with Gasteiger partial charge >= 0.3 is 10.2 Å². The summed E-state index contributed by atoms with van der Waals surface area (Å²) in [7, 11) is -5.11. The third kappa shape index (κ3) is 2.13. The predicted molar refractivity (Wildman–Crippen MR) is 39.7 cm³/mol. The molecular formula is C6H2ClF3O2S. The SMILES string of the molecule is O=S(=O)(F)c1cc(F)c(F)cc1Cl. The minimum absolute atomic E-state index is 0.187. The van der Waals surface area contributed by atoms with Crippen molar-refractivity contribution in [2.75, 3.05) is 0 Å². The topological polar surface area (TPSA) is 34.1 Å². The molecule has 0 amide bonds. The number of hydrogen-bond acceptors (Lipinski definition) is 2. The molecule has 0 atom stereocenters. The van der Waals surface area contributed by atoms with Gasteiger partial charge in [0.15, 0.2) is 11.6 Å². The Kier molecular flexibility index (Phi) is 2.53. The fourth-order valence-corrected chi connectivity index (χ4v) is 1.65. The number of halogens is 4. The highest BCUT2D eigenvalue weighted by molar-refractivity contribution is 7.86. The Morgan fingerprint density at radius 1 is 1.15 bits per heavy atom. The van der Waals surface area contributed by atoms with Crippen LogP contribution in [0.5, 0.6) is 0 Å². The first-order valence-corrected chi connectivity index (χ1v) is 4.67. The second kappa shape index (κ2) is 3.19. The van der Waals surface area contributed by atoms with Crippen LogP contribution in [0.25, 0.3) is 0 Å². The van der Waals surface area contributed by atoms with E-state index in [0.717, 1.165) is 0 Å². The molecule has 0 saturated heterocycles. The van der Waals surface area contributed by atoms with E-state index in [1.807, 2.05) is 0 Å². The van der Waals surface area contributed by atoms with Crippen LogP contribution in [0.1, 0.15) is 0 Å². The summed E-state index contributed by atoms with van der Waals surface area (Å²) in [5.41, 5.74) is 0. The molecule has 2 nitrogen and oxygen atoms in total. The van der Waals surface area contributed by atoms with Gasteiger partial charge in [-0.2, -0.15) is 8.42 Å². The average Bonchev–Trinajstić information content (AvgIpc) is 1.94. The van der Waals surface area contributed by atoms with Crippen molar-refractivity contribution in [2.45, 2.75) is 4.90 Å². The zero-order valence-electron chi connectivity index (χ0n) is 5.89. The maximum Gasteiger partial charge on any atom is 0.333 e. The van der Waals surface area contributed by atoms with E-state index in [0.29, 0.717) is 6.07 Å². The van der Waals surface area contributed by atoms with Gasteiger partial charge in [0, 0.05) is 0 Å². The van der Waals surface area contributed by atoms with Crippen LogP contribution in [0, 0.1) is 11.6 Å². The van der Waals surface area contributed by atoms with Crippen molar-refractivity contribution >= 4 is 21.8 Å². The molecule has 0 unspecified atom stereocenters. The molecule has 0 N–H and O–H groups in total. The molecular weight excluding hydrogens is 229 g/mol. The molecule has 1 rings (SSSR count). The zero-order valence-corrected chi connectivity index (χ0v) is 7.46. The van der Waals surface area contributed by atoms with Crippen molar-refractivity contribution in [3.63, 3.8) is 0 Å². The molecule has 72 valence electrons. The van der Waals surface area contributed by atoms with Crippen LogP contribution in [-0.2, 0) is 10.2 Å². The number of benzene rings is 1. The van der Waals surface area contributed by atoms with Crippen molar-refractivity contribution in [1.82, 2.24) is 0 Å². The summed E-state index contributed by atoms with van der Waals surface area (Å²) in [5.74, 6) is -2.81. The van der Waals surface area contributed by atoms with E-state index in [9.17, 15) is 21.1 Å². The predicted octanol–water partition coefficient (Wildman–Crippen LogP) is 2.28. The van der Waals surface area contributed by atoms with Gasteiger partial charge in [0.25, 0.3) is 0 Å². The van der Waals surface area contributed by atoms with Gasteiger partial charge in [-0.05, 0) is 12.1 Å². The van der Waals surface area contributed by atoms with Crippen molar-refractivity contribution in [2.24, 2.45) is 0 Å². The summed E-state index contributed by atoms with van der Waals surface area (Å²) >= 11 is 5.16. The highest BCUT2D eigenvalue weighted by Crippen LogP contribution is 2.25. The maximum absolute atomic E-state index is 12.4.